The van der Waals surface area contributed by atoms with Crippen molar-refractivity contribution in [2.45, 2.75) is 44.6 Å². The molecule has 1 saturated heterocycles. The van der Waals surface area contributed by atoms with Gasteiger partial charge in [-0.1, -0.05) is 46.6 Å². The monoisotopic (exact) mass is 349 g/mol. The van der Waals surface area contributed by atoms with Crippen molar-refractivity contribution in [3.63, 3.8) is 0 Å². The molecule has 2 aromatic rings. The lowest BCUT2D eigenvalue weighted by Gasteiger charge is -2.24. The molecule has 5 heteroatoms. The Kier molecular flexibility index (Phi) is 4.40. The maximum Gasteiger partial charge on any atom is 0.246 e. The Bertz CT molecular complexity index is 588. The molecule has 0 bridgehead atoms. The first-order valence-electron chi connectivity index (χ1n) is 7.54. The lowest BCUT2D eigenvalue weighted by molar-refractivity contribution is 0.240. The second-order valence-corrected chi connectivity index (χ2v) is 6.60. The molecule has 1 aromatic carbocycles. The zero-order valence-electron chi connectivity index (χ0n) is 12.2. The van der Waals surface area contributed by atoms with Crippen LogP contribution in [0, 0.1) is 0 Å². The molecule has 1 fully saturated rings. The Morgan fingerprint density at radius 3 is 2.81 bits per heavy atom. The molecule has 1 N–H and O–H groups in total. The van der Waals surface area contributed by atoms with E-state index in [1.165, 1.54) is 12.0 Å². The van der Waals surface area contributed by atoms with Crippen molar-refractivity contribution in [1.82, 2.24) is 15.5 Å². The average molecular weight is 350 g/mol. The van der Waals surface area contributed by atoms with E-state index in [-0.39, 0.29) is 5.54 Å². The van der Waals surface area contributed by atoms with Gasteiger partial charge in [-0.25, -0.2) is 0 Å². The Balaban J connectivity index is 1.77. The van der Waals surface area contributed by atoms with Crippen LogP contribution in [0.4, 0.5) is 0 Å². The van der Waals surface area contributed by atoms with E-state index in [1.807, 2.05) is 12.1 Å². The first-order chi connectivity index (χ1) is 10.2. The van der Waals surface area contributed by atoms with Crippen LogP contribution in [-0.4, -0.2) is 16.7 Å². The summed E-state index contributed by atoms with van der Waals surface area (Å²) in [5, 5.41) is 7.74. The molecule has 2 heterocycles. The van der Waals surface area contributed by atoms with Crippen molar-refractivity contribution in [3.8, 4) is 0 Å². The van der Waals surface area contributed by atoms with Crippen LogP contribution in [0.5, 0.6) is 0 Å². The summed E-state index contributed by atoms with van der Waals surface area (Å²) in [6, 6.07) is 8.23. The summed E-state index contributed by atoms with van der Waals surface area (Å²) in [5.41, 5.74) is 1.09. The first kappa shape index (κ1) is 14.7. The lowest BCUT2D eigenvalue weighted by Crippen LogP contribution is -2.37. The number of hydrogen-bond acceptors (Lipinski definition) is 4. The van der Waals surface area contributed by atoms with Crippen molar-refractivity contribution >= 4 is 15.9 Å². The van der Waals surface area contributed by atoms with Crippen molar-refractivity contribution < 1.29 is 4.52 Å². The molecule has 1 aromatic heterocycles. The van der Waals surface area contributed by atoms with Crippen LogP contribution in [0.3, 0.4) is 0 Å². The van der Waals surface area contributed by atoms with Gasteiger partial charge in [0.1, 0.15) is 0 Å². The number of aromatic nitrogens is 2. The minimum Gasteiger partial charge on any atom is -0.337 e. The van der Waals surface area contributed by atoms with Crippen LogP contribution in [0.15, 0.2) is 33.3 Å². The number of halogens is 1. The van der Waals surface area contributed by atoms with Crippen molar-refractivity contribution in [2.75, 3.05) is 6.54 Å². The van der Waals surface area contributed by atoms with E-state index in [0.717, 1.165) is 42.0 Å². The summed E-state index contributed by atoms with van der Waals surface area (Å²) >= 11 is 3.45. The zero-order valence-corrected chi connectivity index (χ0v) is 13.8. The summed E-state index contributed by atoms with van der Waals surface area (Å²) in [5.74, 6) is 1.52. The summed E-state index contributed by atoms with van der Waals surface area (Å²) in [7, 11) is 0. The molecule has 21 heavy (non-hydrogen) atoms. The Morgan fingerprint density at radius 1 is 1.33 bits per heavy atom. The summed E-state index contributed by atoms with van der Waals surface area (Å²) in [4.78, 5) is 4.65. The summed E-state index contributed by atoms with van der Waals surface area (Å²) < 4.78 is 6.65. The van der Waals surface area contributed by atoms with Gasteiger partial charge in [0.15, 0.2) is 5.82 Å². The van der Waals surface area contributed by atoms with Gasteiger partial charge in [0, 0.05) is 10.9 Å². The van der Waals surface area contributed by atoms with Crippen LogP contribution < -0.4 is 5.32 Å². The second kappa shape index (κ2) is 6.28. The van der Waals surface area contributed by atoms with Crippen LogP contribution in [0.25, 0.3) is 0 Å². The van der Waals surface area contributed by atoms with E-state index in [0.29, 0.717) is 6.42 Å². The molecule has 0 radical (unpaired) electrons. The molecule has 112 valence electrons. The summed E-state index contributed by atoms with van der Waals surface area (Å²) in [6.45, 7) is 3.23. The minimum atomic E-state index is -0.0975. The first-order valence-corrected chi connectivity index (χ1v) is 8.34. The molecule has 3 rings (SSSR count). The van der Waals surface area contributed by atoms with E-state index in [9.17, 15) is 0 Å². The Morgan fingerprint density at radius 2 is 2.14 bits per heavy atom. The molecule has 1 atom stereocenters. The van der Waals surface area contributed by atoms with Gasteiger partial charge in [0.25, 0.3) is 0 Å². The van der Waals surface area contributed by atoms with Gasteiger partial charge in [-0.15, -0.1) is 0 Å². The third-order valence-electron chi connectivity index (χ3n) is 4.07. The number of nitrogens with zero attached hydrogens (tertiary/aromatic N) is 2. The van der Waals surface area contributed by atoms with E-state index in [4.69, 9.17) is 4.52 Å². The van der Waals surface area contributed by atoms with Crippen LogP contribution in [0.2, 0.25) is 0 Å². The SMILES string of the molecule is CCCC1(c2nc(Cc3ccc(Br)cc3)no2)CCCN1. The number of nitrogens with one attached hydrogen (secondary N) is 1. The van der Waals surface area contributed by atoms with Crippen LogP contribution in [0.1, 0.15) is 49.9 Å². The molecule has 0 aliphatic carbocycles. The summed E-state index contributed by atoms with van der Waals surface area (Å²) in [6.07, 6.45) is 5.12. The molecule has 1 unspecified atom stereocenters. The maximum atomic E-state index is 5.57. The molecule has 1 aliphatic heterocycles. The zero-order chi connectivity index (χ0) is 14.7. The van der Waals surface area contributed by atoms with Crippen molar-refractivity contribution in [2.24, 2.45) is 0 Å². The van der Waals surface area contributed by atoms with E-state index in [1.54, 1.807) is 0 Å². The molecule has 0 amide bonds. The predicted molar refractivity (Wildman–Crippen MR) is 85.1 cm³/mol. The highest BCUT2D eigenvalue weighted by Gasteiger charge is 2.39. The largest absolute Gasteiger partial charge is 0.337 e. The minimum absolute atomic E-state index is 0.0975. The van der Waals surface area contributed by atoms with E-state index < -0.39 is 0 Å². The van der Waals surface area contributed by atoms with Gasteiger partial charge < -0.3 is 9.84 Å². The van der Waals surface area contributed by atoms with Gasteiger partial charge in [0.05, 0.1) is 5.54 Å². The maximum absolute atomic E-state index is 5.57. The Labute approximate surface area is 133 Å². The molecule has 1 aliphatic rings. The average Bonchev–Trinajstić information content (AvgIpc) is 3.12. The van der Waals surface area contributed by atoms with Crippen LogP contribution >= 0.6 is 15.9 Å². The third-order valence-corrected chi connectivity index (χ3v) is 4.60. The standard InChI is InChI=1S/C16H20BrN3O/c1-2-8-16(9-3-10-18-16)15-19-14(20-21-15)11-12-4-6-13(17)7-5-12/h4-7,18H,2-3,8-11H2,1H3. The van der Waals surface area contributed by atoms with Gasteiger partial charge in [-0.3, -0.25) is 0 Å². The van der Waals surface area contributed by atoms with Gasteiger partial charge in [0.2, 0.25) is 5.89 Å². The lowest BCUT2D eigenvalue weighted by atomic mass is 9.92. The number of hydrogen-bond donors (Lipinski definition) is 1. The highest BCUT2D eigenvalue weighted by atomic mass is 79.9. The van der Waals surface area contributed by atoms with E-state index >= 15 is 0 Å². The highest BCUT2D eigenvalue weighted by Crippen LogP contribution is 2.34. The third kappa shape index (κ3) is 3.19. The van der Waals surface area contributed by atoms with Crippen molar-refractivity contribution in [1.29, 1.82) is 0 Å². The highest BCUT2D eigenvalue weighted by molar-refractivity contribution is 9.10. The second-order valence-electron chi connectivity index (χ2n) is 5.68. The molecule has 0 saturated carbocycles. The number of benzene rings is 1. The predicted octanol–water partition coefficient (Wildman–Crippen LogP) is 3.80. The van der Waals surface area contributed by atoms with Gasteiger partial charge in [-0.2, -0.15) is 4.98 Å². The fraction of sp³-hybridized carbons (Fsp3) is 0.500. The molecule has 0 spiro atoms. The van der Waals surface area contributed by atoms with Gasteiger partial charge in [-0.05, 0) is 43.5 Å². The Hall–Kier alpha value is -1.20. The van der Waals surface area contributed by atoms with Gasteiger partial charge >= 0.3 is 0 Å². The fourth-order valence-electron chi connectivity index (χ4n) is 3.04. The molecular weight excluding hydrogens is 330 g/mol. The quantitative estimate of drug-likeness (QED) is 0.891. The topological polar surface area (TPSA) is 51.0 Å². The smallest absolute Gasteiger partial charge is 0.246 e. The fourth-order valence-corrected chi connectivity index (χ4v) is 3.31. The van der Waals surface area contributed by atoms with Crippen molar-refractivity contribution in [3.05, 3.63) is 46.0 Å². The number of rotatable bonds is 5. The van der Waals surface area contributed by atoms with E-state index in [2.05, 4.69) is 50.4 Å². The molecule has 4 nitrogen and oxygen atoms in total. The molecular formula is C16H20BrN3O. The normalized spacial score (nSPS) is 21.8. The van der Waals surface area contributed by atoms with Crippen LogP contribution in [-0.2, 0) is 12.0 Å².